The Morgan fingerprint density at radius 1 is 0.565 bits per heavy atom. The molecule has 21 heteroatoms. The zero-order valence-electron chi connectivity index (χ0n) is 49.5. The Kier molecular flexibility index (Phi) is 15.3. The van der Waals surface area contributed by atoms with Gasteiger partial charge in [-0.1, -0.05) is 27.7 Å². The second-order valence-electron chi connectivity index (χ2n) is 26.5. The quantitative estimate of drug-likeness (QED) is 0.0956. The number of pyridine rings is 2. The van der Waals surface area contributed by atoms with Crippen molar-refractivity contribution in [2.45, 2.75) is 174 Å². The summed E-state index contributed by atoms with van der Waals surface area (Å²) in [5.41, 5.74) is -5.94. The van der Waals surface area contributed by atoms with Crippen LogP contribution in [0.15, 0.2) is 79.6 Å². The first-order valence-corrected chi connectivity index (χ1v) is 29.6. The van der Waals surface area contributed by atoms with Gasteiger partial charge in [-0.25, -0.2) is 9.59 Å². The Morgan fingerprint density at radius 2 is 1.01 bits per heavy atom. The van der Waals surface area contributed by atoms with Crippen molar-refractivity contribution in [2.24, 2.45) is 57.2 Å². The number of carbonyl (C=O) groups is 5. The normalized spacial score (nSPS) is 36.6. The molecule has 85 heavy (non-hydrogen) atoms. The fraction of sp³-hybridized carbons (Fsp3) is 0.609. The summed E-state index contributed by atoms with van der Waals surface area (Å²) >= 11 is 0. The van der Waals surface area contributed by atoms with Crippen molar-refractivity contribution >= 4 is 29.8 Å². The first-order valence-electron chi connectivity index (χ1n) is 29.6. The van der Waals surface area contributed by atoms with E-state index < -0.39 is 110 Å². The number of esters is 5. The van der Waals surface area contributed by atoms with E-state index in [-0.39, 0.29) is 95.8 Å². The van der Waals surface area contributed by atoms with Gasteiger partial charge in [0.2, 0.25) is 0 Å². The third-order valence-electron chi connectivity index (χ3n) is 20.9. The lowest BCUT2D eigenvalue weighted by atomic mass is 9.42. The summed E-state index contributed by atoms with van der Waals surface area (Å²) in [7, 11) is 0. The van der Waals surface area contributed by atoms with Gasteiger partial charge in [0.15, 0.2) is 0 Å². The molecule has 0 radical (unpaired) electrons. The fourth-order valence-corrected chi connectivity index (χ4v) is 16.5. The van der Waals surface area contributed by atoms with Gasteiger partial charge in [0, 0.05) is 91.5 Å². The zero-order chi connectivity index (χ0) is 60.9. The van der Waals surface area contributed by atoms with Crippen LogP contribution in [0.25, 0.3) is 22.6 Å². The van der Waals surface area contributed by atoms with Crippen molar-refractivity contribution in [3.8, 4) is 34.1 Å². The molecule has 21 nitrogen and oxygen atoms in total. The molecule has 0 saturated heterocycles. The average Bonchev–Trinajstić information content (AvgIpc) is 1.27. The average molecular weight is 1180 g/mol. The highest BCUT2D eigenvalue weighted by Gasteiger charge is 2.72. The van der Waals surface area contributed by atoms with Crippen LogP contribution in [0, 0.1) is 57.2 Å². The van der Waals surface area contributed by atoms with E-state index in [1.807, 2.05) is 20.8 Å². The maximum atomic E-state index is 13.4. The number of fused-ring (bicyclic) bond motifs is 8. The number of nitrogens with zero attached hydrogens (tertiary/aromatic N) is 2. The van der Waals surface area contributed by atoms with Crippen LogP contribution >= 0.6 is 0 Å². The number of ether oxygens (including phenoxy) is 7. The van der Waals surface area contributed by atoms with Gasteiger partial charge in [0.05, 0.1) is 30.1 Å². The number of rotatable bonds is 11. The standard InChI is InChI=1S/C33H39NO9.C31H37NO10/c1-31-11-10-24(42-29(38)18-8-9-18)32(2,16-40-28(37)17-6-7-17)22(31)14-23(35)33(3)27(31)26(36)25-21(43-33)13-20(41-30(25)39)19-5-4-12-34-15-19;1-16(33)38-15-30(5)22-13-24(40-18(3)35)31(6)27(29(22,4)10-9-23(30)39-17(2)34)26(36)25-21(42-31)12-20(41-28(25)37)19-8-7-11-32-14-19/h4-5,12-13,15,17-18,22-24,26-27,35-36H,6-11,14,16H2,1-3H3;7-8,11-12,14,22-24,26-27,36H,9-10,13,15H2,1-6H3/t22?,23-,24-,26-,27?,31-,32+,33+;22?,23-,24-,26-,27?,29-,30+,31+/m00/s1. The lowest BCUT2D eigenvalue weighted by Crippen LogP contribution is -2.71. The van der Waals surface area contributed by atoms with Gasteiger partial charge in [-0.2, -0.15) is 0 Å². The Morgan fingerprint density at radius 3 is 1.48 bits per heavy atom. The SMILES string of the molecule is CC(=O)OC[C@]1(C)C2C[C@H](OC(C)=O)[C@@]3(C)Oc4cc(-c5cccnc5)oc(=O)c4[C@H](O)C3[C@@]2(C)CC[C@@H]1OC(C)=O.C[C@]12CC[C@H](OC(=O)C3CC3)[C@](C)(COC(=O)C3CC3)C1C[C@H](O)[C@@]1(C)Oc3cc(-c4cccnc4)oc(=O)c3[C@H](O)C21. The lowest BCUT2D eigenvalue weighted by molar-refractivity contribution is -0.270. The second kappa shape index (κ2) is 21.8. The topological polar surface area (TPSA) is 297 Å². The number of aliphatic hydroxyl groups is 3. The van der Waals surface area contributed by atoms with Crippen molar-refractivity contribution in [3.63, 3.8) is 0 Å². The molecule has 8 aliphatic rings. The van der Waals surface area contributed by atoms with Gasteiger partial charge in [0.25, 0.3) is 0 Å². The maximum absolute atomic E-state index is 13.4. The predicted octanol–water partition coefficient (Wildman–Crippen LogP) is 7.72. The molecule has 0 bridgehead atoms. The minimum Gasteiger partial charge on any atom is -0.484 e. The Bertz CT molecular complexity index is 3400. The largest absolute Gasteiger partial charge is 0.484 e. The Hall–Kier alpha value is -6.97. The van der Waals surface area contributed by atoms with Crippen LogP contribution < -0.4 is 20.7 Å². The van der Waals surface area contributed by atoms with Crippen LogP contribution in [-0.4, -0.2) is 104 Å². The molecule has 4 unspecified atom stereocenters. The van der Waals surface area contributed by atoms with Gasteiger partial charge >= 0.3 is 41.1 Å². The molecule has 16 atom stereocenters. The van der Waals surface area contributed by atoms with Crippen molar-refractivity contribution in [1.82, 2.24) is 9.97 Å². The van der Waals surface area contributed by atoms with E-state index in [1.54, 1.807) is 75.0 Å². The molecule has 4 aromatic heterocycles. The highest BCUT2D eigenvalue weighted by molar-refractivity contribution is 5.76. The molecule has 6 fully saturated rings. The summed E-state index contributed by atoms with van der Waals surface area (Å²) in [4.78, 5) is 97.0. The smallest absolute Gasteiger partial charge is 0.345 e. The van der Waals surface area contributed by atoms with Crippen LogP contribution in [0.3, 0.4) is 0 Å². The van der Waals surface area contributed by atoms with Crippen LogP contribution in [-0.2, 0) is 47.7 Å². The number of carbonyl (C=O) groups excluding carboxylic acids is 5. The molecule has 6 saturated carbocycles. The van der Waals surface area contributed by atoms with E-state index in [4.69, 9.17) is 42.0 Å². The monoisotopic (exact) mass is 1180 g/mol. The molecule has 3 N–H and O–H groups in total. The van der Waals surface area contributed by atoms with Crippen LogP contribution in [0.1, 0.15) is 150 Å². The van der Waals surface area contributed by atoms with Crippen LogP contribution in [0.4, 0.5) is 0 Å². The number of aromatic nitrogens is 2. The van der Waals surface area contributed by atoms with E-state index in [9.17, 15) is 48.9 Å². The van der Waals surface area contributed by atoms with Gasteiger partial charge in [-0.05, 0) is 125 Å². The van der Waals surface area contributed by atoms with E-state index >= 15 is 0 Å². The summed E-state index contributed by atoms with van der Waals surface area (Å²) in [6.07, 6.45) is 6.42. The minimum atomic E-state index is -1.34. The minimum absolute atomic E-state index is 0.0163. The first kappa shape index (κ1) is 59.7. The van der Waals surface area contributed by atoms with E-state index in [0.29, 0.717) is 36.8 Å². The summed E-state index contributed by atoms with van der Waals surface area (Å²) in [5, 5.41) is 35.9. The van der Waals surface area contributed by atoms with E-state index in [0.717, 1.165) is 25.7 Å². The first-order chi connectivity index (χ1) is 40.2. The zero-order valence-corrected chi connectivity index (χ0v) is 49.5. The Balaban J connectivity index is 0.000000177. The molecule has 2 aliphatic heterocycles. The molecular formula is C64H76N2O19. The molecular weight excluding hydrogens is 1100 g/mol. The van der Waals surface area contributed by atoms with Gasteiger partial charge < -0.3 is 57.3 Å². The van der Waals surface area contributed by atoms with Gasteiger partial charge in [0.1, 0.15) is 76.9 Å². The van der Waals surface area contributed by atoms with Crippen molar-refractivity contribution < 1.29 is 81.3 Å². The molecule has 12 rings (SSSR count). The summed E-state index contributed by atoms with van der Waals surface area (Å²) < 4.78 is 53.6. The second-order valence-corrected chi connectivity index (χ2v) is 26.5. The van der Waals surface area contributed by atoms with Gasteiger partial charge in [-0.15, -0.1) is 0 Å². The predicted molar refractivity (Wildman–Crippen MR) is 299 cm³/mol. The van der Waals surface area contributed by atoms with E-state index in [2.05, 4.69) is 16.9 Å². The van der Waals surface area contributed by atoms with Crippen molar-refractivity contribution in [1.29, 1.82) is 0 Å². The third kappa shape index (κ3) is 10.3. The molecule has 456 valence electrons. The number of aliphatic hydroxyl groups excluding tert-OH is 3. The molecule has 6 aliphatic carbocycles. The van der Waals surface area contributed by atoms with Gasteiger partial charge in [-0.3, -0.25) is 33.9 Å². The number of hydrogen-bond donors (Lipinski definition) is 3. The molecule has 6 heterocycles. The van der Waals surface area contributed by atoms with Crippen LogP contribution in [0.2, 0.25) is 0 Å². The van der Waals surface area contributed by atoms with E-state index in [1.165, 1.54) is 20.8 Å². The highest BCUT2D eigenvalue weighted by Crippen LogP contribution is 2.69. The van der Waals surface area contributed by atoms with Crippen LogP contribution in [0.5, 0.6) is 11.5 Å². The maximum Gasteiger partial charge on any atom is 0.345 e. The molecule has 0 spiro atoms. The summed E-state index contributed by atoms with van der Waals surface area (Å²) in [6.45, 7) is 15.4. The Labute approximate surface area is 491 Å². The third-order valence-corrected chi connectivity index (χ3v) is 20.9. The summed E-state index contributed by atoms with van der Waals surface area (Å²) in [5.74, 6) is -3.51. The highest BCUT2D eigenvalue weighted by atomic mass is 16.6. The molecule has 0 amide bonds. The molecule has 0 aromatic carbocycles. The summed E-state index contributed by atoms with van der Waals surface area (Å²) in [6, 6.07) is 10.1. The fourth-order valence-electron chi connectivity index (χ4n) is 16.5. The molecule has 4 aromatic rings. The number of hydrogen-bond acceptors (Lipinski definition) is 21. The van der Waals surface area contributed by atoms with Crippen molar-refractivity contribution in [2.75, 3.05) is 13.2 Å². The van der Waals surface area contributed by atoms with Crippen molar-refractivity contribution in [3.05, 3.63) is 93.2 Å². The lowest BCUT2D eigenvalue weighted by Gasteiger charge is -2.66.